The standard InChI is InChI=1S/C8H14IN3/c1-8(2)6-11-9-3-4-10-5-7(9)12-8/h5-7,12H,3-4H2,1-2H3. The molecular weight excluding hydrogens is 265 g/mol. The van der Waals surface area contributed by atoms with E-state index in [4.69, 9.17) is 0 Å². The number of rotatable bonds is 0. The van der Waals surface area contributed by atoms with Crippen LogP contribution >= 0.6 is 20.1 Å². The summed E-state index contributed by atoms with van der Waals surface area (Å²) in [5.74, 6) is 0. The molecule has 2 rings (SSSR count). The van der Waals surface area contributed by atoms with E-state index in [0.717, 1.165) is 6.54 Å². The van der Waals surface area contributed by atoms with Gasteiger partial charge in [0.15, 0.2) is 0 Å². The van der Waals surface area contributed by atoms with Gasteiger partial charge in [-0.05, 0) is 0 Å². The van der Waals surface area contributed by atoms with Crippen molar-refractivity contribution in [1.29, 1.82) is 0 Å². The van der Waals surface area contributed by atoms with Crippen LogP contribution in [0.2, 0.25) is 0 Å². The number of fused-ring (bicyclic) bond motifs is 1. The van der Waals surface area contributed by atoms with E-state index in [9.17, 15) is 0 Å². The minimum atomic E-state index is -1.08. The number of hydrogen-bond donors (Lipinski definition) is 1. The van der Waals surface area contributed by atoms with E-state index in [1.165, 1.54) is 4.43 Å². The van der Waals surface area contributed by atoms with Gasteiger partial charge in [0.1, 0.15) is 0 Å². The van der Waals surface area contributed by atoms with Gasteiger partial charge in [0.05, 0.1) is 0 Å². The Bertz CT molecular complexity index is 234. The van der Waals surface area contributed by atoms with E-state index >= 15 is 0 Å². The Hall–Kier alpha value is 0.0300. The summed E-state index contributed by atoms with van der Waals surface area (Å²) < 4.78 is 6.44. The summed E-state index contributed by atoms with van der Waals surface area (Å²) in [6.45, 7) is 5.32. The summed E-state index contributed by atoms with van der Waals surface area (Å²) in [6.07, 6.45) is 4.17. The fourth-order valence-corrected chi connectivity index (χ4v) is 6.16. The van der Waals surface area contributed by atoms with Crippen LogP contribution in [0.5, 0.6) is 0 Å². The second kappa shape index (κ2) is 3.06. The molecule has 0 saturated carbocycles. The van der Waals surface area contributed by atoms with Crippen LogP contribution in [0.25, 0.3) is 0 Å². The molecule has 2 heterocycles. The quantitative estimate of drug-likeness (QED) is 0.405. The average Bonchev–Trinajstić information content (AvgIpc) is 2.02. The first-order valence-electron chi connectivity index (χ1n) is 4.15. The third-order valence-electron chi connectivity index (χ3n) is 1.92. The zero-order valence-electron chi connectivity index (χ0n) is 7.42. The summed E-state index contributed by atoms with van der Waals surface area (Å²) in [4.78, 5) is 4.30. The predicted molar refractivity (Wildman–Crippen MR) is 61.7 cm³/mol. The Kier molecular flexibility index (Phi) is 2.20. The molecular formula is C8H14IN3. The van der Waals surface area contributed by atoms with E-state index in [0.29, 0.717) is 4.05 Å². The van der Waals surface area contributed by atoms with Crippen LogP contribution in [0.3, 0.4) is 0 Å². The Morgan fingerprint density at radius 2 is 2.42 bits per heavy atom. The molecule has 0 aromatic heterocycles. The van der Waals surface area contributed by atoms with Gasteiger partial charge in [-0.25, -0.2) is 0 Å². The van der Waals surface area contributed by atoms with Gasteiger partial charge in [-0.3, -0.25) is 0 Å². The molecule has 0 bridgehead atoms. The van der Waals surface area contributed by atoms with Crippen molar-refractivity contribution in [2.24, 2.45) is 8.20 Å². The molecule has 0 fully saturated rings. The number of aliphatic imine (C=N–C) groups is 1. The van der Waals surface area contributed by atoms with Gasteiger partial charge in [-0.1, -0.05) is 0 Å². The summed E-state index contributed by atoms with van der Waals surface area (Å²) >= 11 is -1.08. The Labute approximate surface area is 80.5 Å². The second-order valence-corrected chi connectivity index (χ2v) is 8.71. The minimum absolute atomic E-state index is 0.0714. The Morgan fingerprint density at radius 3 is 3.25 bits per heavy atom. The van der Waals surface area contributed by atoms with Crippen LogP contribution in [0.15, 0.2) is 8.20 Å². The molecule has 3 nitrogen and oxygen atoms in total. The number of alkyl halides is 2. The molecule has 0 saturated heterocycles. The monoisotopic (exact) mass is 279 g/mol. The third-order valence-corrected chi connectivity index (χ3v) is 6.69. The molecule has 1 N–H and O–H groups in total. The van der Waals surface area contributed by atoms with E-state index in [1.807, 2.05) is 0 Å². The Balaban J connectivity index is 2.19. The van der Waals surface area contributed by atoms with Crippen LogP contribution < -0.4 is 5.32 Å². The summed E-state index contributed by atoms with van der Waals surface area (Å²) in [7, 11) is 0. The molecule has 0 radical (unpaired) electrons. The molecule has 1 unspecified atom stereocenters. The van der Waals surface area contributed by atoms with Crippen LogP contribution in [0.4, 0.5) is 0 Å². The van der Waals surface area contributed by atoms with Gasteiger partial charge >= 0.3 is 80.4 Å². The predicted octanol–water partition coefficient (Wildman–Crippen LogP) is 1.27. The van der Waals surface area contributed by atoms with Crippen LogP contribution in [-0.4, -0.2) is 33.0 Å². The van der Waals surface area contributed by atoms with Crippen molar-refractivity contribution < 1.29 is 0 Å². The Morgan fingerprint density at radius 1 is 1.58 bits per heavy atom. The van der Waals surface area contributed by atoms with Gasteiger partial charge in [0, 0.05) is 0 Å². The molecule has 0 aromatic carbocycles. The molecule has 1 atom stereocenters. The number of halogens is 1. The van der Waals surface area contributed by atoms with E-state index in [-0.39, 0.29) is 5.54 Å². The zero-order valence-corrected chi connectivity index (χ0v) is 9.58. The van der Waals surface area contributed by atoms with Gasteiger partial charge in [0.25, 0.3) is 0 Å². The molecule has 68 valence electrons. The third kappa shape index (κ3) is 1.69. The zero-order chi connectivity index (χ0) is 8.60. The summed E-state index contributed by atoms with van der Waals surface area (Å²) in [6, 6.07) is 0. The second-order valence-electron chi connectivity index (χ2n) is 3.61. The maximum absolute atomic E-state index is 4.68. The maximum atomic E-state index is 4.68. The number of hydrogen-bond acceptors (Lipinski definition) is 3. The first-order chi connectivity index (χ1) is 5.67. The first-order valence-corrected chi connectivity index (χ1v) is 7.88. The van der Waals surface area contributed by atoms with Crippen molar-refractivity contribution >= 4 is 32.5 Å². The van der Waals surface area contributed by atoms with Crippen molar-refractivity contribution in [3.8, 4) is 0 Å². The van der Waals surface area contributed by atoms with Crippen molar-refractivity contribution in [3.05, 3.63) is 0 Å². The molecule has 0 spiro atoms. The van der Waals surface area contributed by atoms with Crippen LogP contribution in [-0.2, 0) is 0 Å². The molecule has 0 aromatic rings. The SMILES string of the molecule is CC1(C)C=NI2CCN=CC2N1. The van der Waals surface area contributed by atoms with Gasteiger partial charge in [-0.2, -0.15) is 0 Å². The van der Waals surface area contributed by atoms with Crippen LogP contribution in [0, 0.1) is 0 Å². The average molecular weight is 279 g/mol. The van der Waals surface area contributed by atoms with Gasteiger partial charge < -0.3 is 0 Å². The van der Waals surface area contributed by atoms with Crippen LogP contribution in [0.1, 0.15) is 13.8 Å². The fraction of sp³-hybridized carbons (Fsp3) is 0.750. The van der Waals surface area contributed by atoms with Crippen molar-refractivity contribution in [1.82, 2.24) is 5.32 Å². The van der Waals surface area contributed by atoms with Crippen molar-refractivity contribution in [2.45, 2.75) is 23.4 Å². The van der Waals surface area contributed by atoms with Gasteiger partial charge in [-0.15, -0.1) is 0 Å². The van der Waals surface area contributed by atoms with E-state index in [1.54, 1.807) is 0 Å². The molecule has 0 aliphatic carbocycles. The van der Waals surface area contributed by atoms with Crippen molar-refractivity contribution in [2.75, 3.05) is 11.0 Å². The van der Waals surface area contributed by atoms with E-state index in [2.05, 4.69) is 39.8 Å². The summed E-state index contributed by atoms with van der Waals surface area (Å²) in [5.41, 5.74) is 0.0714. The molecule has 4 heteroatoms. The normalized spacial score (nSPS) is 34.8. The molecule has 12 heavy (non-hydrogen) atoms. The topological polar surface area (TPSA) is 36.8 Å². The van der Waals surface area contributed by atoms with Crippen molar-refractivity contribution in [3.63, 3.8) is 0 Å². The first kappa shape index (κ1) is 8.62. The number of nitrogens with zero attached hydrogens (tertiary/aromatic N) is 2. The molecule has 0 amide bonds. The molecule has 2 aliphatic rings. The number of nitrogens with one attached hydrogen (secondary N) is 1. The summed E-state index contributed by atoms with van der Waals surface area (Å²) in [5, 5.41) is 3.57. The fourth-order valence-electron chi connectivity index (χ4n) is 1.27. The van der Waals surface area contributed by atoms with E-state index < -0.39 is 20.1 Å². The van der Waals surface area contributed by atoms with Gasteiger partial charge in [0.2, 0.25) is 0 Å². The molecule has 2 aliphatic heterocycles.